The van der Waals surface area contributed by atoms with Crippen LogP contribution in [0.3, 0.4) is 0 Å². The second-order valence-electron chi connectivity index (χ2n) is 5.27. The third-order valence-electron chi connectivity index (χ3n) is 3.77. The number of aromatic nitrogens is 1. The molecule has 0 unspecified atom stereocenters. The minimum absolute atomic E-state index is 0.0539. The molecule has 0 bridgehead atoms. The lowest BCUT2D eigenvalue weighted by molar-refractivity contribution is -0.126. The van der Waals surface area contributed by atoms with Gasteiger partial charge in [-0.05, 0) is 25.0 Å². The van der Waals surface area contributed by atoms with Gasteiger partial charge in [0.1, 0.15) is 12.1 Å². The Morgan fingerprint density at radius 1 is 1.43 bits per heavy atom. The van der Waals surface area contributed by atoms with E-state index in [2.05, 4.69) is 4.98 Å². The third kappa shape index (κ3) is 2.96. The standard InChI is InChI=1S/C16H16N2O3/c17-9-12(14(19)10-20-11-5-1-2-6-11)16-18-13-7-3-4-8-15(13)21-16/h3-4,7-8,11-12H,1-2,5-6,10H2/t12-/m1/s1. The number of carbonyl (C=O) groups excluding carboxylic acids is 1. The van der Waals surface area contributed by atoms with E-state index in [9.17, 15) is 10.1 Å². The molecule has 1 fully saturated rings. The Kier molecular flexibility index (Phi) is 3.98. The summed E-state index contributed by atoms with van der Waals surface area (Å²) in [5.41, 5.74) is 1.23. The van der Waals surface area contributed by atoms with Crippen LogP contribution in [0.1, 0.15) is 37.5 Å². The molecule has 1 aliphatic rings. The number of ketones is 1. The zero-order valence-corrected chi connectivity index (χ0v) is 11.6. The van der Waals surface area contributed by atoms with Gasteiger partial charge in [-0.3, -0.25) is 4.79 Å². The van der Waals surface area contributed by atoms with Crippen molar-refractivity contribution in [2.45, 2.75) is 37.7 Å². The first-order valence-electron chi connectivity index (χ1n) is 7.17. The van der Waals surface area contributed by atoms with Crippen LogP contribution in [0, 0.1) is 11.3 Å². The van der Waals surface area contributed by atoms with Crippen molar-refractivity contribution in [3.05, 3.63) is 30.2 Å². The van der Waals surface area contributed by atoms with Gasteiger partial charge in [0.25, 0.3) is 0 Å². The van der Waals surface area contributed by atoms with Crippen molar-refractivity contribution in [1.82, 2.24) is 4.98 Å². The Labute approximate surface area is 122 Å². The van der Waals surface area contributed by atoms with E-state index in [0.29, 0.717) is 11.1 Å². The van der Waals surface area contributed by atoms with E-state index >= 15 is 0 Å². The molecule has 3 rings (SSSR count). The number of oxazole rings is 1. The van der Waals surface area contributed by atoms with E-state index in [1.807, 2.05) is 18.2 Å². The molecule has 1 atom stereocenters. The highest BCUT2D eigenvalue weighted by molar-refractivity contribution is 5.89. The number of hydrogen-bond acceptors (Lipinski definition) is 5. The SMILES string of the molecule is N#C[C@H](C(=O)COC1CCCC1)c1nc2ccccc2o1. The van der Waals surface area contributed by atoms with Crippen molar-refractivity contribution in [3.63, 3.8) is 0 Å². The molecule has 0 radical (unpaired) electrons. The van der Waals surface area contributed by atoms with Gasteiger partial charge >= 0.3 is 0 Å². The van der Waals surface area contributed by atoms with Crippen LogP contribution in [0.15, 0.2) is 28.7 Å². The lowest BCUT2D eigenvalue weighted by atomic mass is 10.1. The van der Waals surface area contributed by atoms with Gasteiger partial charge in [-0.1, -0.05) is 25.0 Å². The number of hydrogen-bond donors (Lipinski definition) is 0. The first kappa shape index (κ1) is 13.8. The molecule has 1 aromatic carbocycles. The predicted octanol–water partition coefficient (Wildman–Crippen LogP) is 2.96. The monoisotopic (exact) mass is 284 g/mol. The second kappa shape index (κ2) is 6.06. The van der Waals surface area contributed by atoms with Crippen molar-refractivity contribution in [2.75, 3.05) is 6.61 Å². The van der Waals surface area contributed by atoms with Gasteiger partial charge in [0.05, 0.1) is 12.2 Å². The second-order valence-corrected chi connectivity index (χ2v) is 5.27. The van der Waals surface area contributed by atoms with E-state index in [1.165, 1.54) is 0 Å². The molecular weight excluding hydrogens is 268 g/mol. The van der Waals surface area contributed by atoms with E-state index in [4.69, 9.17) is 9.15 Å². The van der Waals surface area contributed by atoms with E-state index in [-0.39, 0.29) is 24.4 Å². The Hall–Kier alpha value is -2.19. The van der Waals surface area contributed by atoms with Gasteiger partial charge in [-0.15, -0.1) is 0 Å². The highest BCUT2D eigenvalue weighted by Gasteiger charge is 2.27. The average Bonchev–Trinajstić information content (AvgIpc) is 3.15. The molecular formula is C16H16N2O3. The topological polar surface area (TPSA) is 76.1 Å². The highest BCUT2D eigenvalue weighted by atomic mass is 16.5. The number of ether oxygens (including phenoxy) is 1. The van der Waals surface area contributed by atoms with E-state index < -0.39 is 5.92 Å². The molecule has 1 saturated carbocycles. The Balaban J connectivity index is 1.71. The smallest absolute Gasteiger partial charge is 0.220 e. The van der Waals surface area contributed by atoms with Crippen LogP contribution in [-0.4, -0.2) is 23.5 Å². The molecule has 0 spiro atoms. The molecule has 5 heteroatoms. The number of nitriles is 1. The van der Waals surface area contributed by atoms with Crippen LogP contribution in [0.2, 0.25) is 0 Å². The van der Waals surface area contributed by atoms with Crippen molar-refractivity contribution in [3.8, 4) is 6.07 Å². The molecule has 2 aromatic rings. The fraction of sp³-hybridized carbons (Fsp3) is 0.438. The first-order chi connectivity index (χ1) is 10.3. The summed E-state index contributed by atoms with van der Waals surface area (Å²) in [6.07, 6.45) is 4.43. The van der Waals surface area contributed by atoms with Crippen LogP contribution >= 0.6 is 0 Å². The molecule has 0 N–H and O–H groups in total. The molecule has 0 amide bonds. The maximum absolute atomic E-state index is 12.2. The van der Waals surface area contributed by atoms with Crippen LogP contribution < -0.4 is 0 Å². The molecule has 108 valence electrons. The molecule has 0 aliphatic heterocycles. The van der Waals surface area contributed by atoms with Gasteiger partial charge < -0.3 is 9.15 Å². The fourth-order valence-corrected chi connectivity index (χ4v) is 2.62. The van der Waals surface area contributed by atoms with E-state index in [0.717, 1.165) is 25.7 Å². The number of rotatable bonds is 5. The molecule has 1 aliphatic carbocycles. The summed E-state index contributed by atoms with van der Waals surface area (Å²) < 4.78 is 11.1. The largest absolute Gasteiger partial charge is 0.439 e. The van der Waals surface area contributed by atoms with Gasteiger partial charge in [0.15, 0.2) is 17.3 Å². The van der Waals surface area contributed by atoms with Crippen molar-refractivity contribution in [1.29, 1.82) is 5.26 Å². The van der Waals surface area contributed by atoms with Gasteiger partial charge in [0, 0.05) is 0 Å². The Morgan fingerprint density at radius 3 is 2.90 bits per heavy atom. The number of fused-ring (bicyclic) bond motifs is 1. The van der Waals surface area contributed by atoms with Crippen molar-refractivity contribution < 1.29 is 13.9 Å². The number of Topliss-reactive ketones (excluding diaryl/α,β-unsaturated/α-hetero) is 1. The van der Waals surface area contributed by atoms with Crippen LogP contribution in [0.25, 0.3) is 11.1 Å². The summed E-state index contributed by atoms with van der Waals surface area (Å²) in [7, 11) is 0. The molecule has 5 nitrogen and oxygen atoms in total. The first-order valence-corrected chi connectivity index (χ1v) is 7.17. The van der Waals surface area contributed by atoms with Gasteiger partial charge in [-0.25, -0.2) is 4.98 Å². The van der Waals surface area contributed by atoms with Crippen molar-refractivity contribution >= 4 is 16.9 Å². The maximum atomic E-state index is 12.2. The molecule has 1 heterocycles. The maximum Gasteiger partial charge on any atom is 0.220 e. The normalized spacial score (nSPS) is 16.9. The number of para-hydroxylation sites is 2. The van der Waals surface area contributed by atoms with Gasteiger partial charge in [-0.2, -0.15) is 5.26 Å². The van der Waals surface area contributed by atoms with Gasteiger partial charge in [0.2, 0.25) is 5.89 Å². The fourth-order valence-electron chi connectivity index (χ4n) is 2.62. The Bertz CT molecular complexity index is 647. The summed E-state index contributed by atoms with van der Waals surface area (Å²) >= 11 is 0. The lowest BCUT2D eigenvalue weighted by Gasteiger charge is -2.11. The number of nitrogens with zero attached hydrogens (tertiary/aromatic N) is 2. The highest BCUT2D eigenvalue weighted by Crippen LogP contribution is 2.24. The van der Waals surface area contributed by atoms with Crippen LogP contribution in [0.4, 0.5) is 0 Å². The van der Waals surface area contributed by atoms with Crippen LogP contribution in [-0.2, 0) is 9.53 Å². The summed E-state index contributed by atoms with van der Waals surface area (Å²) in [6, 6.07) is 9.18. The summed E-state index contributed by atoms with van der Waals surface area (Å²) in [5, 5.41) is 9.24. The number of benzene rings is 1. The summed E-state index contributed by atoms with van der Waals surface area (Å²) in [6.45, 7) is -0.0539. The zero-order chi connectivity index (χ0) is 14.7. The van der Waals surface area contributed by atoms with E-state index in [1.54, 1.807) is 12.1 Å². The summed E-state index contributed by atoms with van der Waals surface area (Å²) in [4.78, 5) is 16.4. The minimum atomic E-state index is -1.00. The van der Waals surface area contributed by atoms with Crippen molar-refractivity contribution in [2.24, 2.45) is 0 Å². The minimum Gasteiger partial charge on any atom is -0.439 e. The predicted molar refractivity (Wildman–Crippen MR) is 75.6 cm³/mol. The zero-order valence-electron chi connectivity index (χ0n) is 11.6. The quantitative estimate of drug-likeness (QED) is 0.843. The molecule has 1 aromatic heterocycles. The molecule has 0 saturated heterocycles. The lowest BCUT2D eigenvalue weighted by Crippen LogP contribution is -2.21. The molecule has 21 heavy (non-hydrogen) atoms. The Morgan fingerprint density at radius 2 is 2.19 bits per heavy atom. The number of carbonyl (C=O) groups is 1. The van der Waals surface area contributed by atoms with Crippen LogP contribution in [0.5, 0.6) is 0 Å². The summed E-state index contributed by atoms with van der Waals surface area (Å²) in [5.74, 6) is -1.14. The third-order valence-corrected chi connectivity index (χ3v) is 3.77. The average molecular weight is 284 g/mol.